The predicted octanol–water partition coefficient (Wildman–Crippen LogP) is 6.49. The molecule has 1 amide bonds. The number of carbonyl (C=O) groups excluding carboxylic acids is 2. The number of anilines is 2. The van der Waals surface area contributed by atoms with Crippen molar-refractivity contribution in [2.75, 3.05) is 10.6 Å². The van der Waals surface area contributed by atoms with Crippen LogP contribution in [0.25, 0.3) is 11.3 Å². The number of rotatable bonds is 11. The van der Waals surface area contributed by atoms with Crippen molar-refractivity contribution in [3.05, 3.63) is 65.3 Å². The fraction of sp³-hybridized carbons (Fsp3) is 0.393. The number of nitrogens with one attached hydrogen (secondary N) is 2. The molecule has 196 valence electrons. The van der Waals surface area contributed by atoms with E-state index in [0.29, 0.717) is 23.5 Å². The second kappa shape index (κ2) is 12.0. The normalized spacial score (nSPS) is 17.6. The van der Waals surface area contributed by atoms with Crippen LogP contribution in [0.15, 0.2) is 65.3 Å². The van der Waals surface area contributed by atoms with E-state index in [0.717, 1.165) is 35.3 Å². The first-order chi connectivity index (χ1) is 17.6. The average molecular weight is 510 g/mol. The number of Topliss-reactive ketones (excluding diaryl/α,β-unsaturated/α-hetero) is 1. The Morgan fingerprint density at radius 3 is 2.51 bits per heavy atom. The maximum Gasteiger partial charge on any atom is 0.260 e. The lowest BCUT2D eigenvalue weighted by molar-refractivity contribution is -0.119. The molecular weight excluding hydrogens is 476 g/mol. The zero-order chi connectivity index (χ0) is 27.2. The van der Waals surface area contributed by atoms with Gasteiger partial charge >= 0.3 is 0 Å². The van der Waals surface area contributed by atoms with E-state index in [1.54, 1.807) is 12.3 Å². The highest BCUT2D eigenvalue weighted by Gasteiger charge is 2.61. The molecule has 37 heavy (non-hydrogen) atoms. The first-order valence-electron chi connectivity index (χ1n) is 12.4. The number of ketones is 1. The third-order valence-electron chi connectivity index (χ3n) is 6.24. The summed E-state index contributed by atoms with van der Waals surface area (Å²) in [6.07, 6.45) is 8.30. The van der Waals surface area contributed by atoms with Gasteiger partial charge in [-0.2, -0.15) is 0 Å². The van der Waals surface area contributed by atoms with Crippen LogP contribution in [0.4, 0.5) is 20.4 Å². The second-order valence-electron chi connectivity index (χ2n) is 9.07. The van der Waals surface area contributed by atoms with E-state index < -0.39 is 24.2 Å². The molecule has 1 saturated carbocycles. The van der Waals surface area contributed by atoms with Crippen molar-refractivity contribution in [3.8, 4) is 11.3 Å². The van der Waals surface area contributed by atoms with E-state index >= 15 is 0 Å². The molecule has 1 atom stereocenters. The first kappa shape index (κ1) is 27.8. The molecule has 3 rings (SSSR count). The molecule has 0 bridgehead atoms. The van der Waals surface area contributed by atoms with Crippen molar-refractivity contribution < 1.29 is 18.4 Å². The Labute approximate surface area is 216 Å². The Bertz CT molecular complexity index is 1270. The van der Waals surface area contributed by atoms with Crippen molar-refractivity contribution in [2.45, 2.75) is 66.2 Å². The fourth-order valence-electron chi connectivity index (χ4n) is 3.81. The Morgan fingerprint density at radius 1 is 1.16 bits per heavy atom. The molecule has 2 heterocycles. The number of alkyl halides is 2. The van der Waals surface area contributed by atoms with E-state index in [2.05, 4.69) is 25.6 Å². The molecule has 7 nitrogen and oxygen atoms in total. The SMILES string of the molecule is C\C=C(Nc1ncccc1-c1cc(NC(=O)C2CC2(F)F)ncn1)/C(C)=C\C(C(=O)CCC)=C(/C)CC. The number of allylic oxidation sites excluding steroid dienone is 5. The van der Waals surface area contributed by atoms with Gasteiger partial charge in [0, 0.05) is 41.9 Å². The first-order valence-corrected chi connectivity index (χ1v) is 12.4. The lowest BCUT2D eigenvalue weighted by atomic mass is 9.97. The molecule has 1 unspecified atom stereocenters. The molecule has 2 aromatic heterocycles. The van der Waals surface area contributed by atoms with Crippen LogP contribution in [-0.4, -0.2) is 32.6 Å². The second-order valence-corrected chi connectivity index (χ2v) is 9.07. The highest BCUT2D eigenvalue weighted by molar-refractivity contribution is 5.99. The number of halogens is 2. The topological polar surface area (TPSA) is 96.9 Å². The standard InChI is InChI=1S/C28H33F2N5O2/c1-6-10-24(36)20(17(4)7-2)13-18(5)22(8-3)34-26-19(11-9-12-31-26)23-14-25(33-16-32-23)35-27(37)21-15-28(21,29)30/h8-9,11-14,16,21H,6-7,10,15H2,1-5H3,(H,31,34)(H,32,33,35,37)/b18-13-,20-17-,22-8+. The molecule has 1 fully saturated rings. The molecule has 0 aromatic carbocycles. The summed E-state index contributed by atoms with van der Waals surface area (Å²) in [6, 6.07) is 5.08. The average Bonchev–Trinajstić information content (AvgIpc) is 3.53. The van der Waals surface area contributed by atoms with Gasteiger partial charge in [0.2, 0.25) is 5.91 Å². The van der Waals surface area contributed by atoms with Gasteiger partial charge < -0.3 is 10.6 Å². The van der Waals surface area contributed by atoms with Crippen LogP contribution in [0.1, 0.15) is 60.3 Å². The molecule has 2 N–H and O–H groups in total. The van der Waals surface area contributed by atoms with Gasteiger partial charge in [-0.1, -0.05) is 25.5 Å². The van der Waals surface area contributed by atoms with Crippen molar-refractivity contribution in [2.24, 2.45) is 5.92 Å². The van der Waals surface area contributed by atoms with Gasteiger partial charge in [-0.05, 0) is 57.4 Å². The smallest absolute Gasteiger partial charge is 0.260 e. The number of carbonyl (C=O) groups is 2. The number of aromatic nitrogens is 3. The minimum Gasteiger partial charge on any atom is -0.340 e. The molecule has 0 spiro atoms. The van der Waals surface area contributed by atoms with Crippen LogP contribution < -0.4 is 10.6 Å². The summed E-state index contributed by atoms with van der Waals surface area (Å²) in [7, 11) is 0. The molecule has 1 aliphatic rings. The summed E-state index contributed by atoms with van der Waals surface area (Å²) in [6.45, 7) is 9.81. The summed E-state index contributed by atoms with van der Waals surface area (Å²) in [5.41, 5.74) is 4.48. The van der Waals surface area contributed by atoms with Gasteiger partial charge in [0.1, 0.15) is 23.9 Å². The molecule has 0 saturated heterocycles. The van der Waals surface area contributed by atoms with Crippen molar-refractivity contribution >= 4 is 23.3 Å². The summed E-state index contributed by atoms with van der Waals surface area (Å²) in [5, 5.41) is 5.78. The van der Waals surface area contributed by atoms with E-state index in [1.165, 1.54) is 12.4 Å². The van der Waals surface area contributed by atoms with Crippen LogP contribution >= 0.6 is 0 Å². The lowest BCUT2D eigenvalue weighted by Crippen LogP contribution is -2.18. The van der Waals surface area contributed by atoms with Crippen molar-refractivity contribution in [1.82, 2.24) is 15.0 Å². The van der Waals surface area contributed by atoms with Gasteiger partial charge in [0.05, 0.1) is 5.69 Å². The molecule has 2 aromatic rings. The van der Waals surface area contributed by atoms with E-state index in [4.69, 9.17) is 0 Å². The number of amides is 1. The number of pyridine rings is 1. The summed E-state index contributed by atoms with van der Waals surface area (Å²) >= 11 is 0. The zero-order valence-electron chi connectivity index (χ0n) is 21.9. The highest BCUT2D eigenvalue weighted by Crippen LogP contribution is 2.49. The van der Waals surface area contributed by atoms with Crippen LogP contribution in [0.2, 0.25) is 0 Å². The largest absolute Gasteiger partial charge is 0.340 e. The Hall–Kier alpha value is -3.75. The van der Waals surface area contributed by atoms with Gasteiger partial charge in [-0.15, -0.1) is 0 Å². The molecule has 0 radical (unpaired) electrons. The lowest BCUT2D eigenvalue weighted by Gasteiger charge is -2.15. The third-order valence-corrected chi connectivity index (χ3v) is 6.24. The van der Waals surface area contributed by atoms with Gasteiger partial charge in [-0.3, -0.25) is 9.59 Å². The fourth-order valence-corrected chi connectivity index (χ4v) is 3.81. The maximum absolute atomic E-state index is 13.3. The maximum atomic E-state index is 13.3. The van der Waals surface area contributed by atoms with E-state index in [9.17, 15) is 18.4 Å². The molecular formula is C28H33F2N5O2. The van der Waals surface area contributed by atoms with Crippen molar-refractivity contribution in [1.29, 1.82) is 0 Å². The van der Waals surface area contributed by atoms with Gasteiger partial charge in [0.25, 0.3) is 5.92 Å². The molecule has 1 aliphatic carbocycles. The molecule has 0 aliphatic heterocycles. The number of hydrogen-bond acceptors (Lipinski definition) is 6. The molecule has 9 heteroatoms. The predicted molar refractivity (Wildman–Crippen MR) is 141 cm³/mol. The third kappa shape index (κ3) is 6.93. The van der Waals surface area contributed by atoms with E-state index in [1.807, 2.05) is 52.8 Å². The monoisotopic (exact) mass is 509 g/mol. The summed E-state index contributed by atoms with van der Waals surface area (Å²) in [4.78, 5) is 37.6. The van der Waals surface area contributed by atoms with Gasteiger partial charge in [0.15, 0.2) is 5.78 Å². The zero-order valence-corrected chi connectivity index (χ0v) is 21.9. The van der Waals surface area contributed by atoms with Crippen LogP contribution in [0, 0.1) is 5.92 Å². The number of hydrogen-bond donors (Lipinski definition) is 2. The van der Waals surface area contributed by atoms with Crippen LogP contribution in [0.5, 0.6) is 0 Å². The van der Waals surface area contributed by atoms with Crippen LogP contribution in [-0.2, 0) is 9.59 Å². The number of nitrogens with zero attached hydrogens (tertiary/aromatic N) is 3. The Morgan fingerprint density at radius 2 is 1.89 bits per heavy atom. The minimum atomic E-state index is -2.96. The minimum absolute atomic E-state index is 0.120. The Kier molecular flexibility index (Phi) is 9.02. The summed E-state index contributed by atoms with van der Waals surface area (Å²) < 4.78 is 26.5. The van der Waals surface area contributed by atoms with E-state index in [-0.39, 0.29) is 11.6 Å². The summed E-state index contributed by atoms with van der Waals surface area (Å²) in [5.74, 6) is -4.29. The van der Waals surface area contributed by atoms with Gasteiger partial charge in [-0.25, -0.2) is 23.7 Å². The Balaban J connectivity index is 1.87. The van der Waals surface area contributed by atoms with Crippen LogP contribution in [0.3, 0.4) is 0 Å². The quantitative estimate of drug-likeness (QED) is 0.265. The highest BCUT2D eigenvalue weighted by atomic mass is 19.3. The van der Waals surface area contributed by atoms with Crippen molar-refractivity contribution in [3.63, 3.8) is 0 Å².